The van der Waals surface area contributed by atoms with Gasteiger partial charge in [-0.05, 0) is 61.1 Å². The molecular weight excluding hydrogens is 455 g/mol. The summed E-state index contributed by atoms with van der Waals surface area (Å²) in [6, 6.07) is 10.0. The molecule has 3 unspecified atom stereocenters. The Bertz CT molecular complexity index is 935. The van der Waals surface area contributed by atoms with Crippen LogP contribution in [0, 0.1) is 17.0 Å². The van der Waals surface area contributed by atoms with Gasteiger partial charge in [0.2, 0.25) is 0 Å². The summed E-state index contributed by atoms with van der Waals surface area (Å²) in [6.45, 7) is 10.4. The van der Waals surface area contributed by atoms with Crippen molar-refractivity contribution in [1.82, 2.24) is 4.90 Å². The highest BCUT2D eigenvalue weighted by atomic mass is 35.5. The van der Waals surface area contributed by atoms with E-state index in [-0.39, 0.29) is 60.0 Å². The number of benzene rings is 2. The van der Waals surface area contributed by atoms with E-state index < -0.39 is 11.6 Å². The molecule has 0 saturated carbocycles. The lowest BCUT2D eigenvalue weighted by Gasteiger charge is -2.61. The number of phenols is 1. The molecule has 0 amide bonds. The lowest BCUT2D eigenvalue weighted by Crippen LogP contribution is -2.64. The summed E-state index contributed by atoms with van der Waals surface area (Å²) in [4.78, 5) is 2.43. The van der Waals surface area contributed by atoms with Crippen molar-refractivity contribution in [3.8, 4) is 5.75 Å². The largest absolute Gasteiger partial charge is 0.508 e. The van der Waals surface area contributed by atoms with E-state index in [4.69, 9.17) is 4.74 Å². The van der Waals surface area contributed by atoms with Gasteiger partial charge in [0.1, 0.15) is 17.4 Å². The zero-order valence-corrected chi connectivity index (χ0v) is 20.7. The van der Waals surface area contributed by atoms with Crippen LogP contribution in [-0.4, -0.2) is 35.2 Å². The number of nitrogens with zero attached hydrogens (tertiary/aromatic N) is 1. The van der Waals surface area contributed by atoms with Crippen LogP contribution in [0.25, 0.3) is 0 Å². The molecule has 3 atom stereocenters. The van der Waals surface area contributed by atoms with Gasteiger partial charge in [-0.15, -0.1) is 24.8 Å². The maximum atomic E-state index is 13.9. The average Bonchev–Trinajstić information content (AvgIpc) is 2.67. The normalized spacial score (nSPS) is 24.6. The molecule has 2 aromatic rings. The molecule has 178 valence electrons. The molecular formula is C25H33Cl2F2NO2. The second-order valence-corrected chi connectivity index (χ2v) is 9.64. The minimum atomic E-state index is -0.573. The fourth-order valence-electron chi connectivity index (χ4n) is 5.53. The molecule has 0 spiro atoms. The van der Waals surface area contributed by atoms with E-state index in [1.807, 2.05) is 13.0 Å². The zero-order valence-electron chi connectivity index (χ0n) is 19.0. The Hall–Kier alpha value is -1.40. The minimum absolute atomic E-state index is 0. The van der Waals surface area contributed by atoms with Gasteiger partial charge in [0.05, 0.1) is 12.7 Å². The van der Waals surface area contributed by atoms with Gasteiger partial charge < -0.3 is 9.84 Å². The number of ether oxygens (including phenoxy) is 1. The van der Waals surface area contributed by atoms with Crippen LogP contribution in [0.2, 0.25) is 0 Å². The van der Waals surface area contributed by atoms with Crippen molar-refractivity contribution in [2.24, 2.45) is 5.41 Å². The molecule has 1 saturated heterocycles. The Morgan fingerprint density at radius 3 is 2.38 bits per heavy atom. The van der Waals surface area contributed by atoms with Gasteiger partial charge in [-0.25, -0.2) is 8.78 Å². The Kier molecular flexibility index (Phi) is 8.26. The van der Waals surface area contributed by atoms with E-state index in [0.717, 1.165) is 24.9 Å². The maximum Gasteiger partial charge on any atom is 0.131 e. The fraction of sp³-hybridized carbons (Fsp3) is 0.520. The molecule has 32 heavy (non-hydrogen) atoms. The Labute approximate surface area is 202 Å². The number of hydrogen-bond acceptors (Lipinski definition) is 3. The monoisotopic (exact) mass is 487 g/mol. The highest BCUT2D eigenvalue weighted by Crippen LogP contribution is 2.57. The van der Waals surface area contributed by atoms with E-state index in [9.17, 15) is 13.9 Å². The number of fused-ring (bicyclic) bond motifs is 4. The van der Waals surface area contributed by atoms with Crippen molar-refractivity contribution in [1.29, 1.82) is 0 Å². The zero-order chi connectivity index (χ0) is 21.7. The first-order chi connectivity index (χ1) is 14.1. The number of piperidine rings is 1. The van der Waals surface area contributed by atoms with Crippen LogP contribution in [0.4, 0.5) is 8.78 Å². The van der Waals surface area contributed by atoms with Gasteiger partial charge in [0.15, 0.2) is 0 Å². The third kappa shape index (κ3) is 4.37. The van der Waals surface area contributed by atoms with Crippen molar-refractivity contribution in [2.45, 2.75) is 64.7 Å². The smallest absolute Gasteiger partial charge is 0.131 e. The van der Waals surface area contributed by atoms with Crippen LogP contribution in [0.1, 0.15) is 50.8 Å². The molecule has 1 fully saturated rings. The number of likely N-dealkylation sites (tertiary alicyclic amines) is 1. The van der Waals surface area contributed by atoms with Gasteiger partial charge in [-0.3, -0.25) is 4.90 Å². The lowest BCUT2D eigenvalue weighted by molar-refractivity contribution is -0.0655. The topological polar surface area (TPSA) is 32.7 Å². The number of aromatic hydroxyl groups is 1. The first-order valence-corrected chi connectivity index (χ1v) is 10.7. The summed E-state index contributed by atoms with van der Waals surface area (Å²) in [5.41, 5.74) is 2.30. The van der Waals surface area contributed by atoms with Crippen LogP contribution in [0.15, 0.2) is 36.4 Å². The summed E-state index contributed by atoms with van der Waals surface area (Å²) < 4.78 is 33.6. The molecule has 4 rings (SSSR count). The summed E-state index contributed by atoms with van der Waals surface area (Å²) in [6.07, 6.45) is 1.61. The van der Waals surface area contributed by atoms with Crippen LogP contribution in [0.3, 0.4) is 0 Å². The summed E-state index contributed by atoms with van der Waals surface area (Å²) in [7, 11) is 0. The van der Waals surface area contributed by atoms with Crippen molar-refractivity contribution >= 4 is 24.8 Å². The SMILES string of the molecule is CC(CN1CCC2(C)c3cccc(O)c3CC1C2(C)C)OCc1c(F)cccc1F.Cl.Cl. The number of rotatable bonds is 5. The predicted octanol–water partition coefficient (Wildman–Crippen LogP) is 6.03. The van der Waals surface area contributed by atoms with E-state index in [1.165, 1.54) is 23.8 Å². The number of phenolic OH excluding ortho intramolecular Hbond substituents is 1. The second-order valence-electron chi connectivity index (χ2n) is 9.64. The van der Waals surface area contributed by atoms with Crippen molar-refractivity contribution in [2.75, 3.05) is 13.1 Å². The number of halogens is 4. The van der Waals surface area contributed by atoms with Crippen LogP contribution in [0.5, 0.6) is 5.75 Å². The van der Waals surface area contributed by atoms with Crippen LogP contribution < -0.4 is 0 Å². The van der Waals surface area contributed by atoms with E-state index in [1.54, 1.807) is 6.07 Å². The van der Waals surface area contributed by atoms with E-state index in [2.05, 4.69) is 31.7 Å². The first kappa shape index (κ1) is 26.8. The highest BCUT2D eigenvalue weighted by Gasteiger charge is 2.56. The summed E-state index contributed by atoms with van der Waals surface area (Å²) in [5.74, 6) is -0.770. The average molecular weight is 488 g/mol. The third-order valence-corrected chi connectivity index (χ3v) is 7.80. The molecule has 1 aliphatic heterocycles. The van der Waals surface area contributed by atoms with Gasteiger partial charge in [-0.1, -0.05) is 39.0 Å². The predicted molar refractivity (Wildman–Crippen MR) is 128 cm³/mol. The standard InChI is InChI=1S/C25H31F2NO2.2ClH/c1-16(30-15-18-20(26)8-6-9-21(18)27)14-28-12-11-25(4)19-7-5-10-22(29)17(19)13-23(28)24(25,2)3;;/h5-10,16,23,29H,11-15H2,1-4H3;2*1H. The third-order valence-electron chi connectivity index (χ3n) is 7.80. The Balaban J connectivity index is 0.00000181. The highest BCUT2D eigenvalue weighted by molar-refractivity contribution is 5.85. The van der Waals surface area contributed by atoms with E-state index >= 15 is 0 Å². The molecule has 0 radical (unpaired) electrons. The quantitative estimate of drug-likeness (QED) is 0.558. The van der Waals surface area contributed by atoms with Crippen molar-refractivity contribution in [3.05, 3.63) is 64.7 Å². The first-order valence-electron chi connectivity index (χ1n) is 10.7. The minimum Gasteiger partial charge on any atom is -0.508 e. The molecule has 7 heteroatoms. The van der Waals surface area contributed by atoms with Gasteiger partial charge in [-0.2, -0.15) is 0 Å². The molecule has 1 heterocycles. The molecule has 2 bridgehead atoms. The fourth-order valence-corrected chi connectivity index (χ4v) is 5.53. The molecule has 2 aromatic carbocycles. The molecule has 1 N–H and O–H groups in total. The molecule has 1 aliphatic carbocycles. The summed E-state index contributed by atoms with van der Waals surface area (Å²) in [5, 5.41) is 10.5. The van der Waals surface area contributed by atoms with Gasteiger partial charge in [0.25, 0.3) is 0 Å². The van der Waals surface area contributed by atoms with Crippen LogP contribution >= 0.6 is 24.8 Å². The number of hydrogen-bond donors (Lipinski definition) is 1. The molecule has 2 aliphatic rings. The van der Waals surface area contributed by atoms with Crippen molar-refractivity contribution < 1.29 is 18.6 Å². The maximum absolute atomic E-state index is 13.9. The van der Waals surface area contributed by atoms with E-state index in [0.29, 0.717) is 12.3 Å². The van der Waals surface area contributed by atoms with Gasteiger partial charge in [0, 0.05) is 23.6 Å². The lowest BCUT2D eigenvalue weighted by atomic mass is 9.51. The van der Waals surface area contributed by atoms with Gasteiger partial charge >= 0.3 is 0 Å². The Morgan fingerprint density at radius 2 is 1.72 bits per heavy atom. The molecule has 0 aromatic heterocycles. The van der Waals surface area contributed by atoms with Crippen LogP contribution in [-0.2, 0) is 23.2 Å². The second kappa shape index (κ2) is 9.84. The Morgan fingerprint density at radius 1 is 1.09 bits per heavy atom. The molecule has 3 nitrogen and oxygen atoms in total. The van der Waals surface area contributed by atoms with Crippen molar-refractivity contribution in [3.63, 3.8) is 0 Å². The summed E-state index contributed by atoms with van der Waals surface area (Å²) >= 11 is 0.